The Morgan fingerprint density at radius 1 is 1.06 bits per heavy atom. The molecule has 4 aromatic heterocycles. The number of para-hydroxylation sites is 1. The molecule has 7 rings (SSSR count). The number of rotatable bonds is 11. The predicted molar refractivity (Wildman–Crippen MR) is 182 cm³/mol. The summed E-state index contributed by atoms with van der Waals surface area (Å²) in [7, 11) is 0. The van der Waals surface area contributed by atoms with Crippen molar-refractivity contribution in [1.29, 1.82) is 0 Å². The van der Waals surface area contributed by atoms with Gasteiger partial charge in [-0.25, -0.2) is 24.0 Å². The number of halogens is 4. The monoisotopic (exact) mass is 701 g/mol. The molecule has 0 spiro atoms. The number of carboxylic acid groups (broad SMARTS) is 1. The Hall–Kier alpha value is -5.57. The summed E-state index contributed by atoms with van der Waals surface area (Å²) in [6.07, 6.45) is 3.72. The van der Waals surface area contributed by atoms with Crippen molar-refractivity contribution in [2.75, 3.05) is 11.4 Å². The van der Waals surface area contributed by atoms with E-state index in [4.69, 9.17) is 5.10 Å². The van der Waals surface area contributed by atoms with Gasteiger partial charge in [0.2, 0.25) is 5.95 Å². The number of nitrogens with zero attached hydrogens (tertiary/aromatic N) is 6. The molecular formula is C36H35F4N9O2. The van der Waals surface area contributed by atoms with Gasteiger partial charge in [-0.1, -0.05) is 32.0 Å². The third-order valence-electron chi connectivity index (χ3n) is 9.39. The number of alkyl halides is 3. The van der Waals surface area contributed by atoms with Gasteiger partial charge in [-0.05, 0) is 41.7 Å². The van der Waals surface area contributed by atoms with Crippen molar-refractivity contribution in [3.05, 3.63) is 106 Å². The minimum atomic E-state index is -4.57. The zero-order valence-corrected chi connectivity index (χ0v) is 27.9. The summed E-state index contributed by atoms with van der Waals surface area (Å²) in [6, 6.07) is 8.29. The largest absolute Gasteiger partial charge is 0.480 e. The summed E-state index contributed by atoms with van der Waals surface area (Å²) in [6.45, 7) is 4.76. The number of aliphatic carboxylic acids is 1. The van der Waals surface area contributed by atoms with Gasteiger partial charge in [-0.2, -0.15) is 18.3 Å². The van der Waals surface area contributed by atoms with E-state index in [1.54, 1.807) is 23.4 Å². The van der Waals surface area contributed by atoms with Crippen molar-refractivity contribution < 1.29 is 27.5 Å². The molecule has 51 heavy (non-hydrogen) atoms. The van der Waals surface area contributed by atoms with Crippen molar-refractivity contribution in [2.45, 2.75) is 64.8 Å². The van der Waals surface area contributed by atoms with Crippen molar-refractivity contribution in [1.82, 2.24) is 40.0 Å². The van der Waals surface area contributed by atoms with Gasteiger partial charge in [0.05, 0.1) is 34.5 Å². The lowest BCUT2D eigenvalue weighted by molar-refractivity contribution is -0.139. The molecule has 11 nitrogen and oxygen atoms in total. The summed E-state index contributed by atoms with van der Waals surface area (Å²) < 4.78 is 58.5. The van der Waals surface area contributed by atoms with Crippen LogP contribution in [0.4, 0.5) is 23.5 Å². The van der Waals surface area contributed by atoms with E-state index in [2.05, 4.69) is 44.1 Å². The molecule has 0 unspecified atom stereocenters. The molecule has 1 atom stereocenters. The minimum absolute atomic E-state index is 0.0639. The molecule has 0 radical (unpaired) electrons. The van der Waals surface area contributed by atoms with Gasteiger partial charge in [0.25, 0.3) is 0 Å². The maximum absolute atomic E-state index is 16.9. The van der Waals surface area contributed by atoms with Crippen LogP contribution >= 0.6 is 0 Å². The minimum Gasteiger partial charge on any atom is -0.480 e. The number of nitrogens with one attached hydrogen (secondary N) is 3. The summed E-state index contributed by atoms with van der Waals surface area (Å²) in [5.41, 5.74) is 6.09. The standard InChI is InChI=1S/C36H35F4N9O2/c1-3-20-6-5-7-21(4-2)32(20)49-33(26-18-48(11-9-28(26)47-49)35-44-15-23(16-45-35)36(38,39)40)30-25-8-10-42-31(25)22(12-27(30)37)14-43-29(34(50)51)13-24-17-41-19-46-24/h5-8,10,12,15-17,19,29,42-43H,3-4,9,11,13-14,18H2,1-2H3,(H,41,46)(H,50,51)/t29-/m0/s1. The lowest BCUT2D eigenvalue weighted by Gasteiger charge is -2.27. The fourth-order valence-corrected chi connectivity index (χ4v) is 6.83. The molecule has 0 saturated heterocycles. The van der Waals surface area contributed by atoms with E-state index >= 15 is 4.39 Å². The molecule has 0 aliphatic carbocycles. The SMILES string of the molecule is CCc1cccc(CC)c1-n1nc2c(c1-c1c(F)cc(CN[C@@H](Cc3cnc[nH]3)C(=O)O)c3[nH]ccc13)CN(c1ncc(C(F)(F)F)cn1)CC2. The van der Waals surface area contributed by atoms with Crippen LogP contribution in [0.5, 0.6) is 0 Å². The predicted octanol–water partition coefficient (Wildman–Crippen LogP) is 6.16. The number of carbonyl (C=O) groups is 1. The van der Waals surface area contributed by atoms with Crippen LogP contribution in [0, 0.1) is 5.82 Å². The summed E-state index contributed by atoms with van der Waals surface area (Å²) >= 11 is 0. The van der Waals surface area contributed by atoms with Crippen molar-refractivity contribution in [3.8, 4) is 16.9 Å². The molecule has 2 aromatic carbocycles. The number of H-pyrrole nitrogens is 2. The van der Waals surface area contributed by atoms with Gasteiger partial charge < -0.3 is 20.0 Å². The van der Waals surface area contributed by atoms with Crippen molar-refractivity contribution >= 4 is 22.8 Å². The highest BCUT2D eigenvalue weighted by Crippen LogP contribution is 2.41. The highest BCUT2D eigenvalue weighted by molar-refractivity contribution is 5.98. The van der Waals surface area contributed by atoms with Gasteiger partial charge >= 0.3 is 12.1 Å². The molecule has 0 fully saturated rings. The molecule has 15 heteroatoms. The number of imidazole rings is 1. The Bertz CT molecular complexity index is 2170. The lowest BCUT2D eigenvalue weighted by atomic mass is 9.95. The Morgan fingerprint density at radius 3 is 2.45 bits per heavy atom. The molecule has 0 saturated carbocycles. The smallest absolute Gasteiger partial charge is 0.419 e. The number of benzene rings is 2. The average molecular weight is 702 g/mol. The van der Waals surface area contributed by atoms with Crippen LogP contribution < -0.4 is 10.2 Å². The Labute approximate surface area is 289 Å². The zero-order valence-electron chi connectivity index (χ0n) is 27.9. The molecule has 6 aromatic rings. The Morgan fingerprint density at radius 2 is 1.80 bits per heavy atom. The Kier molecular flexibility index (Phi) is 9.06. The highest BCUT2D eigenvalue weighted by atomic mass is 19.4. The van der Waals surface area contributed by atoms with Gasteiger partial charge in [-0.15, -0.1) is 0 Å². The summed E-state index contributed by atoms with van der Waals surface area (Å²) in [5, 5.41) is 18.6. The van der Waals surface area contributed by atoms with Crippen LogP contribution in [-0.4, -0.2) is 58.4 Å². The number of aromatic amines is 2. The second-order valence-electron chi connectivity index (χ2n) is 12.5. The third kappa shape index (κ3) is 6.44. The first-order chi connectivity index (χ1) is 24.6. The molecule has 1 aliphatic rings. The number of aromatic nitrogens is 7. The van der Waals surface area contributed by atoms with E-state index in [1.165, 1.54) is 12.4 Å². The lowest BCUT2D eigenvalue weighted by Crippen LogP contribution is -2.38. The maximum atomic E-state index is 16.9. The number of anilines is 1. The molecule has 0 amide bonds. The first kappa shape index (κ1) is 33.9. The topological polar surface area (TPSA) is 141 Å². The van der Waals surface area contributed by atoms with E-state index in [9.17, 15) is 23.1 Å². The van der Waals surface area contributed by atoms with Crippen LogP contribution in [0.3, 0.4) is 0 Å². The van der Waals surface area contributed by atoms with E-state index in [1.807, 2.05) is 22.9 Å². The normalized spacial score (nSPS) is 13.9. The fourth-order valence-electron chi connectivity index (χ4n) is 6.83. The van der Waals surface area contributed by atoms with Crippen LogP contribution in [0.1, 0.15) is 53.1 Å². The molecule has 4 N–H and O–H groups in total. The second kappa shape index (κ2) is 13.6. The third-order valence-corrected chi connectivity index (χ3v) is 9.39. The number of hydrogen-bond donors (Lipinski definition) is 4. The van der Waals surface area contributed by atoms with Crippen LogP contribution in [0.15, 0.2) is 61.4 Å². The van der Waals surface area contributed by atoms with Gasteiger partial charge in [0, 0.05) is 79.5 Å². The zero-order chi connectivity index (χ0) is 35.9. The van der Waals surface area contributed by atoms with Crippen LogP contribution in [0.25, 0.3) is 27.8 Å². The number of hydrogen-bond acceptors (Lipinski definition) is 7. The van der Waals surface area contributed by atoms with Crippen LogP contribution in [0.2, 0.25) is 0 Å². The van der Waals surface area contributed by atoms with E-state index in [-0.39, 0.29) is 25.5 Å². The molecule has 1 aliphatic heterocycles. The van der Waals surface area contributed by atoms with Crippen LogP contribution in [-0.2, 0) is 49.7 Å². The maximum Gasteiger partial charge on any atom is 0.419 e. The molecule has 0 bridgehead atoms. The molecular weight excluding hydrogens is 666 g/mol. The molecule has 5 heterocycles. The van der Waals surface area contributed by atoms with Gasteiger partial charge in [0.1, 0.15) is 11.9 Å². The first-order valence-corrected chi connectivity index (χ1v) is 16.7. The van der Waals surface area contributed by atoms with Gasteiger partial charge in [-0.3, -0.25) is 10.1 Å². The number of carboxylic acids is 1. The summed E-state index contributed by atoms with van der Waals surface area (Å²) in [4.78, 5) is 32.0. The Balaban J connectivity index is 1.35. The highest BCUT2D eigenvalue weighted by Gasteiger charge is 2.34. The number of aryl methyl sites for hydroxylation is 2. The fraction of sp³-hybridized carbons (Fsp3) is 0.306. The number of fused-ring (bicyclic) bond motifs is 2. The first-order valence-electron chi connectivity index (χ1n) is 16.7. The quantitative estimate of drug-likeness (QED) is 0.118. The van der Waals surface area contributed by atoms with E-state index in [0.29, 0.717) is 59.2 Å². The van der Waals surface area contributed by atoms with Gasteiger partial charge in [0.15, 0.2) is 0 Å². The second-order valence-corrected chi connectivity index (χ2v) is 12.5. The van der Waals surface area contributed by atoms with Crippen molar-refractivity contribution in [3.63, 3.8) is 0 Å². The van der Waals surface area contributed by atoms with E-state index in [0.717, 1.165) is 40.5 Å². The van der Waals surface area contributed by atoms with Crippen molar-refractivity contribution in [2.24, 2.45) is 0 Å². The average Bonchev–Trinajstić information content (AvgIpc) is 3.90. The van der Waals surface area contributed by atoms with E-state index < -0.39 is 29.6 Å². The summed E-state index contributed by atoms with van der Waals surface area (Å²) in [5.74, 6) is -1.45. The molecule has 264 valence electrons.